The van der Waals surface area contributed by atoms with Gasteiger partial charge in [-0.3, -0.25) is 4.79 Å². The smallest absolute Gasteiger partial charge is 0.398 e. The first-order valence-corrected chi connectivity index (χ1v) is 5.56. The number of nitrogen functional groups attached to an aromatic ring is 1. The van der Waals surface area contributed by atoms with E-state index in [1.54, 1.807) is 0 Å². The van der Waals surface area contributed by atoms with Crippen LogP contribution in [0.25, 0.3) is 0 Å². The quantitative estimate of drug-likeness (QED) is 0.519. The third-order valence-corrected chi connectivity index (χ3v) is 2.71. The van der Waals surface area contributed by atoms with Crippen LogP contribution >= 0.6 is 0 Å². The van der Waals surface area contributed by atoms with E-state index in [4.69, 9.17) is 5.73 Å². The van der Waals surface area contributed by atoms with Crippen molar-refractivity contribution in [1.29, 1.82) is 0 Å². The van der Waals surface area contributed by atoms with Crippen LogP contribution in [0.15, 0.2) is 42.5 Å². The third-order valence-electron chi connectivity index (χ3n) is 2.71. The Bertz CT molecular complexity index is 664. The van der Waals surface area contributed by atoms with E-state index in [0.717, 1.165) is 24.3 Å². The maximum absolute atomic E-state index is 13.0. The Morgan fingerprint density at radius 1 is 1.05 bits per heavy atom. The van der Waals surface area contributed by atoms with E-state index in [1.807, 2.05) is 0 Å². The van der Waals surface area contributed by atoms with Crippen LogP contribution in [0.5, 0.6) is 0 Å². The van der Waals surface area contributed by atoms with Crippen molar-refractivity contribution in [3.63, 3.8) is 0 Å². The number of rotatable bonds is 2. The summed E-state index contributed by atoms with van der Waals surface area (Å²) in [4.78, 5) is 12.1. The molecule has 2 nitrogen and oxygen atoms in total. The summed E-state index contributed by atoms with van der Waals surface area (Å²) in [5, 5.41) is 0. The molecule has 6 heteroatoms. The molecule has 2 aromatic rings. The zero-order valence-electron chi connectivity index (χ0n) is 10.0. The van der Waals surface area contributed by atoms with Crippen LogP contribution in [0.4, 0.5) is 23.2 Å². The standard InChI is InChI=1S/C14H9F4NO/c15-10-3-1-2-8(6-10)13(20)11-7-9(14(16,17)18)4-5-12(11)19/h1-7H,19H2. The van der Waals surface area contributed by atoms with Crippen LogP contribution in [0, 0.1) is 5.82 Å². The Morgan fingerprint density at radius 2 is 1.75 bits per heavy atom. The van der Waals surface area contributed by atoms with Crippen molar-refractivity contribution in [2.45, 2.75) is 6.18 Å². The van der Waals surface area contributed by atoms with Crippen molar-refractivity contribution in [2.75, 3.05) is 5.73 Å². The molecule has 2 N–H and O–H groups in total. The Morgan fingerprint density at radius 3 is 2.35 bits per heavy atom. The van der Waals surface area contributed by atoms with E-state index in [9.17, 15) is 22.4 Å². The van der Waals surface area contributed by atoms with Crippen LogP contribution in [0.1, 0.15) is 21.5 Å². The molecule has 20 heavy (non-hydrogen) atoms. The highest BCUT2D eigenvalue weighted by Crippen LogP contribution is 2.31. The van der Waals surface area contributed by atoms with Gasteiger partial charge in [-0.15, -0.1) is 0 Å². The molecule has 0 heterocycles. The number of alkyl halides is 3. The van der Waals surface area contributed by atoms with Gasteiger partial charge in [-0.1, -0.05) is 12.1 Å². The predicted octanol–water partition coefficient (Wildman–Crippen LogP) is 3.66. The van der Waals surface area contributed by atoms with Gasteiger partial charge in [0.15, 0.2) is 5.78 Å². The summed E-state index contributed by atoms with van der Waals surface area (Å²) < 4.78 is 50.9. The summed E-state index contributed by atoms with van der Waals surface area (Å²) in [7, 11) is 0. The van der Waals surface area contributed by atoms with Gasteiger partial charge in [-0.25, -0.2) is 4.39 Å². The molecule has 0 unspecified atom stereocenters. The van der Waals surface area contributed by atoms with Gasteiger partial charge in [-0.2, -0.15) is 13.2 Å². The molecule has 0 amide bonds. The third kappa shape index (κ3) is 2.79. The van der Waals surface area contributed by atoms with Crippen LogP contribution in [0.2, 0.25) is 0 Å². The number of carbonyl (C=O) groups is 1. The van der Waals surface area contributed by atoms with Crippen molar-refractivity contribution >= 4 is 11.5 Å². The lowest BCUT2D eigenvalue weighted by atomic mass is 9.99. The highest BCUT2D eigenvalue weighted by atomic mass is 19.4. The first-order valence-electron chi connectivity index (χ1n) is 5.56. The summed E-state index contributed by atoms with van der Waals surface area (Å²) in [6, 6.07) is 7.15. The van der Waals surface area contributed by atoms with Gasteiger partial charge < -0.3 is 5.73 Å². The molecule has 2 aromatic carbocycles. The number of ketones is 1. The van der Waals surface area contributed by atoms with Crippen molar-refractivity contribution in [2.24, 2.45) is 0 Å². The molecular formula is C14H9F4NO. The highest BCUT2D eigenvalue weighted by molar-refractivity contribution is 6.12. The van der Waals surface area contributed by atoms with Gasteiger partial charge in [0.25, 0.3) is 0 Å². The van der Waals surface area contributed by atoms with Crippen LogP contribution < -0.4 is 5.73 Å². The summed E-state index contributed by atoms with van der Waals surface area (Å²) in [5.41, 5.74) is 4.10. The second kappa shape index (κ2) is 4.96. The minimum absolute atomic E-state index is 0.0592. The summed E-state index contributed by atoms with van der Waals surface area (Å²) in [5.74, 6) is -1.41. The minimum atomic E-state index is -4.58. The maximum atomic E-state index is 13.0. The molecule has 0 saturated heterocycles. The first kappa shape index (κ1) is 14.0. The van der Waals surface area contributed by atoms with Gasteiger partial charge in [0.1, 0.15) is 5.82 Å². The lowest BCUT2D eigenvalue weighted by Crippen LogP contribution is -2.10. The zero-order chi connectivity index (χ0) is 14.9. The van der Waals surface area contributed by atoms with E-state index in [2.05, 4.69) is 0 Å². The Kier molecular flexibility index (Phi) is 3.48. The predicted molar refractivity (Wildman–Crippen MR) is 65.7 cm³/mol. The fraction of sp³-hybridized carbons (Fsp3) is 0.0714. The fourth-order valence-corrected chi connectivity index (χ4v) is 1.71. The molecular weight excluding hydrogens is 274 g/mol. The molecule has 0 aliphatic carbocycles. The summed E-state index contributed by atoms with van der Waals surface area (Å²) in [6.45, 7) is 0. The Hall–Kier alpha value is -2.37. The lowest BCUT2D eigenvalue weighted by Gasteiger charge is -2.10. The van der Waals surface area contributed by atoms with Crippen molar-refractivity contribution in [3.05, 3.63) is 65.0 Å². The molecule has 0 aromatic heterocycles. The summed E-state index contributed by atoms with van der Waals surface area (Å²) in [6.07, 6.45) is -4.58. The SMILES string of the molecule is Nc1ccc(C(F)(F)F)cc1C(=O)c1cccc(F)c1. The van der Waals surface area contributed by atoms with Crippen molar-refractivity contribution in [1.82, 2.24) is 0 Å². The molecule has 0 aliphatic rings. The number of carbonyl (C=O) groups excluding carboxylic acids is 1. The lowest BCUT2D eigenvalue weighted by molar-refractivity contribution is -0.137. The highest BCUT2D eigenvalue weighted by Gasteiger charge is 2.31. The maximum Gasteiger partial charge on any atom is 0.416 e. The number of anilines is 1. The molecule has 0 atom stereocenters. The molecule has 104 valence electrons. The van der Waals surface area contributed by atoms with Gasteiger partial charge in [0.05, 0.1) is 5.56 Å². The number of hydrogen-bond acceptors (Lipinski definition) is 2. The molecule has 0 fully saturated rings. The Balaban J connectivity index is 2.49. The average molecular weight is 283 g/mol. The van der Waals surface area contributed by atoms with Gasteiger partial charge >= 0.3 is 6.18 Å². The Labute approximate surface area is 111 Å². The normalized spacial score (nSPS) is 11.4. The number of hydrogen-bond donors (Lipinski definition) is 1. The van der Waals surface area contributed by atoms with E-state index in [0.29, 0.717) is 6.07 Å². The molecule has 0 saturated carbocycles. The van der Waals surface area contributed by atoms with Gasteiger partial charge in [0.2, 0.25) is 0 Å². The van der Waals surface area contributed by atoms with Crippen molar-refractivity contribution in [3.8, 4) is 0 Å². The first-order chi connectivity index (χ1) is 9.29. The van der Waals surface area contributed by atoms with Crippen LogP contribution in [0.3, 0.4) is 0 Å². The molecule has 0 bridgehead atoms. The topological polar surface area (TPSA) is 43.1 Å². The van der Waals surface area contributed by atoms with E-state index in [-0.39, 0.29) is 16.8 Å². The second-order valence-electron chi connectivity index (χ2n) is 4.14. The van der Waals surface area contributed by atoms with E-state index in [1.165, 1.54) is 12.1 Å². The zero-order valence-corrected chi connectivity index (χ0v) is 10.0. The minimum Gasteiger partial charge on any atom is -0.398 e. The monoisotopic (exact) mass is 283 g/mol. The molecule has 0 aliphatic heterocycles. The molecule has 0 radical (unpaired) electrons. The van der Waals surface area contributed by atoms with Crippen LogP contribution in [-0.4, -0.2) is 5.78 Å². The van der Waals surface area contributed by atoms with Gasteiger partial charge in [-0.05, 0) is 30.3 Å². The van der Waals surface area contributed by atoms with Crippen LogP contribution in [-0.2, 0) is 6.18 Å². The number of nitrogens with two attached hydrogens (primary N) is 1. The number of halogens is 4. The second-order valence-corrected chi connectivity index (χ2v) is 4.14. The summed E-state index contributed by atoms with van der Waals surface area (Å²) >= 11 is 0. The average Bonchev–Trinajstić information content (AvgIpc) is 2.37. The molecule has 2 rings (SSSR count). The largest absolute Gasteiger partial charge is 0.416 e. The fourth-order valence-electron chi connectivity index (χ4n) is 1.71. The molecule has 0 spiro atoms. The van der Waals surface area contributed by atoms with Crippen molar-refractivity contribution < 1.29 is 22.4 Å². The van der Waals surface area contributed by atoms with E-state index >= 15 is 0 Å². The van der Waals surface area contributed by atoms with E-state index < -0.39 is 23.3 Å². The van der Waals surface area contributed by atoms with Gasteiger partial charge in [0, 0.05) is 16.8 Å². The number of benzene rings is 2.